The van der Waals surface area contributed by atoms with Crippen LogP contribution in [0, 0.1) is 6.92 Å². The number of para-hydroxylation sites is 1. The van der Waals surface area contributed by atoms with Gasteiger partial charge >= 0.3 is 6.09 Å². The van der Waals surface area contributed by atoms with Crippen molar-refractivity contribution >= 4 is 17.7 Å². The van der Waals surface area contributed by atoms with Gasteiger partial charge in [0.1, 0.15) is 0 Å². The first-order valence-electron chi connectivity index (χ1n) is 7.46. The van der Waals surface area contributed by atoms with Crippen LogP contribution in [0.1, 0.15) is 12.5 Å². The standard InChI is InChI=1S/C16H23N3O3/c1-12-6-4-5-7-14(12)19-10-8-18(9-11-19)13(2)15(20)17-16(21)22-3/h4-7,13H,8-11H2,1-3H3,(H,17,20,21)/t13-/m1/s1. The normalized spacial score (nSPS) is 17.0. The highest BCUT2D eigenvalue weighted by Gasteiger charge is 2.27. The number of piperazine rings is 1. The van der Waals surface area contributed by atoms with Crippen molar-refractivity contribution in [1.82, 2.24) is 10.2 Å². The van der Waals surface area contributed by atoms with Crippen molar-refractivity contribution in [3.05, 3.63) is 29.8 Å². The Balaban J connectivity index is 1.90. The van der Waals surface area contributed by atoms with Gasteiger partial charge in [0.05, 0.1) is 13.2 Å². The molecule has 22 heavy (non-hydrogen) atoms. The number of alkyl carbamates (subject to hydrolysis) is 1. The molecule has 0 radical (unpaired) electrons. The highest BCUT2D eigenvalue weighted by Crippen LogP contribution is 2.21. The Bertz CT molecular complexity index is 539. The lowest BCUT2D eigenvalue weighted by Gasteiger charge is -2.38. The molecular formula is C16H23N3O3. The lowest BCUT2D eigenvalue weighted by atomic mass is 10.1. The number of aryl methyl sites for hydroxylation is 1. The van der Waals surface area contributed by atoms with Crippen LogP contribution in [-0.2, 0) is 9.53 Å². The highest BCUT2D eigenvalue weighted by atomic mass is 16.5. The van der Waals surface area contributed by atoms with Crippen molar-refractivity contribution in [2.75, 3.05) is 38.2 Å². The number of anilines is 1. The van der Waals surface area contributed by atoms with Gasteiger partial charge in [-0.2, -0.15) is 0 Å². The first kappa shape index (κ1) is 16.3. The maximum absolute atomic E-state index is 12.0. The third-order valence-corrected chi connectivity index (χ3v) is 4.11. The van der Waals surface area contributed by atoms with E-state index >= 15 is 0 Å². The van der Waals surface area contributed by atoms with Crippen LogP contribution in [0.3, 0.4) is 0 Å². The molecule has 1 aliphatic rings. The van der Waals surface area contributed by atoms with E-state index in [4.69, 9.17) is 0 Å². The van der Waals surface area contributed by atoms with Gasteiger partial charge in [0.15, 0.2) is 0 Å². The summed E-state index contributed by atoms with van der Waals surface area (Å²) in [5, 5.41) is 2.22. The van der Waals surface area contributed by atoms with Crippen molar-refractivity contribution in [1.29, 1.82) is 0 Å². The minimum absolute atomic E-state index is 0.323. The average molecular weight is 305 g/mol. The number of nitrogens with one attached hydrogen (secondary N) is 1. The number of rotatable bonds is 3. The number of hydrogen-bond donors (Lipinski definition) is 1. The molecular weight excluding hydrogens is 282 g/mol. The molecule has 1 N–H and O–H groups in total. The summed E-state index contributed by atoms with van der Waals surface area (Å²) in [5.74, 6) is -0.323. The van der Waals surface area contributed by atoms with E-state index in [-0.39, 0.29) is 11.9 Å². The number of benzene rings is 1. The second-order valence-electron chi connectivity index (χ2n) is 5.47. The molecule has 0 aromatic heterocycles. The molecule has 1 heterocycles. The zero-order valence-electron chi connectivity index (χ0n) is 13.3. The Hall–Kier alpha value is -2.08. The van der Waals surface area contributed by atoms with E-state index in [1.165, 1.54) is 18.4 Å². The Morgan fingerprint density at radius 1 is 1.18 bits per heavy atom. The van der Waals surface area contributed by atoms with Crippen molar-refractivity contribution < 1.29 is 14.3 Å². The van der Waals surface area contributed by atoms with Gasteiger partial charge in [0.2, 0.25) is 5.91 Å². The molecule has 2 rings (SSSR count). The molecule has 1 aromatic carbocycles. The Morgan fingerprint density at radius 2 is 1.82 bits per heavy atom. The summed E-state index contributed by atoms with van der Waals surface area (Å²) < 4.78 is 4.45. The van der Waals surface area contributed by atoms with Crippen molar-refractivity contribution in [2.45, 2.75) is 19.9 Å². The molecule has 120 valence electrons. The summed E-state index contributed by atoms with van der Waals surface area (Å²) in [7, 11) is 1.24. The summed E-state index contributed by atoms with van der Waals surface area (Å²) in [5.41, 5.74) is 2.50. The maximum Gasteiger partial charge on any atom is 0.413 e. The SMILES string of the molecule is COC(=O)NC(=O)[C@@H](C)N1CCN(c2ccccc2C)CC1. The minimum Gasteiger partial charge on any atom is -0.453 e. The molecule has 1 atom stereocenters. The molecule has 0 bridgehead atoms. The monoisotopic (exact) mass is 305 g/mol. The summed E-state index contributed by atoms with van der Waals surface area (Å²) in [6, 6.07) is 7.96. The highest BCUT2D eigenvalue weighted by molar-refractivity contribution is 5.94. The second kappa shape index (κ2) is 7.26. The lowest BCUT2D eigenvalue weighted by molar-refractivity contribution is -0.125. The molecule has 6 nitrogen and oxygen atoms in total. The quantitative estimate of drug-likeness (QED) is 0.914. The van der Waals surface area contributed by atoms with Gasteiger partial charge < -0.3 is 9.64 Å². The van der Waals surface area contributed by atoms with Gasteiger partial charge in [0.25, 0.3) is 0 Å². The molecule has 1 aliphatic heterocycles. The van der Waals surface area contributed by atoms with Crippen molar-refractivity contribution in [3.63, 3.8) is 0 Å². The van der Waals surface area contributed by atoms with E-state index in [9.17, 15) is 9.59 Å². The summed E-state index contributed by atoms with van der Waals surface area (Å²) in [4.78, 5) is 27.5. The molecule has 1 aromatic rings. The van der Waals surface area contributed by atoms with Gasteiger partial charge in [-0.1, -0.05) is 18.2 Å². The molecule has 0 aliphatic carbocycles. The third-order valence-electron chi connectivity index (χ3n) is 4.11. The van der Waals surface area contributed by atoms with Gasteiger partial charge in [-0.15, -0.1) is 0 Å². The molecule has 2 amide bonds. The van der Waals surface area contributed by atoms with Crippen LogP contribution in [-0.4, -0.2) is 56.2 Å². The van der Waals surface area contributed by atoms with Crippen LogP contribution >= 0.6 is 0 Å². The predicted molar refractivity (Wildman–Crippen MR) is 85.0 cm³/mol. The fourth-order valence-corrected chi connectivity index (χ4v) is 2.69. The van der Waals surface area contributed by atoms with E-state index in [0.29, 0.717) is 0 Å². The van der Waals surface area contributed by atoms with Crippen LogP contribution in [0.15, 0.2) is 24.3 Å². The lowest BCUT2D eigenvalue weighted by Crippen LogP contribution is -2.54. The zero-order chi connectivity index (χ0) is 16.1. The fraction of sp³-hybridized carbons (Fsp3) is 0.500. The van der Waals surface area contributed by atoms with Gasteiger partial charge in [-0.05, 0) is 25.5 Å². The number of nitrogens with zero attached hydrogens (tertiary/aromatic N) is 2. The minimum atomic E-state index is -0.713. The number of ether oxygens (including phenoxy) is 1. The molecule has 1 saturated heterocycles. The predicted octanol–water partition coefficient (Wildman–Crippen LogP) is 1.39. The first-order chi connectivity index (χ1) is 10.5. The smallest absolute Gasteiger partial charge is 0.413 e. The summed E-state index contributed by atoms with van der Waals surface area (Å²) >= 11 is 0. The topological polar surface area (TPSA) is 61.9 Å². The molecule has 1 fully saturated rings. The second-order valence-corrected chi connectivity index (χ2v) is 5.47. The van der Waals surface area contributed by atoms with Crippen LogP contribution in [0.25, 0.3) is 0 Å². The summed E-state index contributed by atoms with van der Waals surface area (Å²) in [6.07, 6.45) is -0.713. The molecule has 0 unspecified atom stereocenters. The average Bonchev–Trinajstić information content (AvgIpc) is 2.54. The number of hydrogen-bond acceptors (Lipinski definition) is 5. The van der Waals surface area contributed by atoms with Gasteiger partial charge in [0, 0.05) is 31.9 Å². The van der Waals surface area contributed by atoms with Crippen molar-refractivity contribution in [2.24, 2.45) is 0 Å². The van der Waals surface area contributed by atoms with Crippen LogP contribution < -0.4 is 10.2 Å². The van der Waals surface area contributed by atoms with E-state index in [1.54, 1.807) is 0 Å². The third kappa shape index (κ3) is 3.76. The number of imide groups is 1. The molecule has 0 saturated carbocycles. The number of carbonyl (C=O) groups is 2. The van der Waals surface area contributed by atoms with Crippen LogP contribution in [0.4, 0.5) is 10.5 Å². The fourth-order valence-electron chi connectivity index (χ4n) is 2.69. The largest absolute Gasteiger partial charge is 0.453 e. The Labute approximate surface area is 131 Å². The Kier molecular flexibility index (Phi) is 5.38. The zero-order valence-corrected chi connectivity index (χ0v) is 13.3. The Morgan fingerprint density at radius 3 is 2.41 bits per heavy atom. The van der Waals surface area contributed by atoms with E-state index in [2.05, 4.69) is 38.9 Å². The maximum atomic E-state index is 12.0. The van der Waals surface area contributed by atoms with E-state index in [1.807, 2.05) is 19.1 Å². The van der Waals surface area contributed by atoms with Gasteiger partial charge in [-0.25, -0.2) is 4.79 Å². The van der Waals surface area contributed by atoms with Crippen LogP contribution in [0.2, 0.25) is 0 Å². The first-order valence-corrected chi connectivity index (χ1v) is 7.46. The van der Waals surface area contributed by atoms with E-state index < -0.39 is 6.09 Å². The number of methoxy groups -OCH3 is 1. The van der Waals surface area contributed by atoms with Crippen molar-refractivity contribution in [3.8, 4) is 0 Å². The van der Waals surface area contributed by atoms with E-state index in [0.717, 1.165) is 26.2 Å². The van der Waals surface area contributed by atoms with Crippen LogP contribution in [0.5, 0.6) is 0 Å². The molecule has 0 spiro atoms. The molecule has 6 heteroatoms. The number of amides is 2. The summed E-state index contributed by atoms with van der Waals surface area (Å²) in [6.45, 7) is 7.20. The number of carbonyl (C=O) groups excluding carboxylic acids is 2. The van der Waals surface area contributed by atoms with Gasteiger partial charge in [-0.3, -0.25) is 15.0 Å².